The fourth-order valence-corrected chi connectivity index (χ4v) is 3.15. The Morgan fingerprint density at radius 2 is 2.13 bits per heavy atom. The molecule has 1 amide bonds. The number of carbonyl (C=O) groups excluding carboxylic acids is 1. The summed E-state index contributed by atoms with van der Waals surface area (Å²) in [5.41, 5.74) is 1.17. The number of amides is 1. The van der Waals surface area contributed by atoms with Gasteiger partial charge in [-0.1, -0.05) is 30.0 Å². The van der Waals surface area contributed by atoms with Gasteiger partial charge in [0.1, 0.15) is 15.8 Å². The lowest BCUT2D eigenvalue weighted by atomic mass is 10.1. The second kappa shape index (κ2) is 5.98. The third-order valence-corrected chi connectivity index (χ3v) is 4.32. The van der Waals surface area contributed by atoms with E-state index in [0.717, 1.165) is 17.3 Å². The number of nitro groups is 1. The number of carbonyl (C=O) groups is 1. The molecule has 2 aromatic rings. The molecule has 2 heterocycles. The normalized spacial score (nSPS) is 16.0. The van der Waals surface area contributed by atoms with E-state index in [2.05, 4.69) is 5.32 Å². The summed E-state index contributed by atoms with van der Waals surface area (Å²) >= 11 is 6.06. The van der Waals surface area contributed by atoms with E-state index in [-0.39, 0.29) is 11.6 Å². The molecular formula is C15H10N2O4S2. The average Bonchev–Trinajstić information content (AvgIpc) is 3.06. The number of thiocarbonyl (C=S) groups is 1. The molecule has 0 atom stereocenters. The molecule has 6 nitrogen and oxygen atoms in total. The summed E-state index contributed by atoms with van der Waals surface area (Å²) in [6, 6.07) is 8.22. The molecule has 0 saturated carbocycles. The van der Waals surface area contributed by atoms with E-state index >= 15 is 0 Å². The van der Waals surface area contributed by atoms with Gasteiger partial charge in [-0.3, -0.25) is 14.9 Å². The lowest BCUT2D eigenvalue weighted by molar-refractivity contribution is -0.384. The van der Waals surface area contributed by atoms with Gasteiger partial charge in [-0.05, 0) is 30.7 Å². The van der Waals surface area contributed by atoms with Gasteiger partial charge in [-0.2, -0.15) is 0 Å². The summed E-state index contributed by atoms with van der Waals surface area (Å²) in [4.78, 5) is 22.8. The minimum atomic E-state index is -0.443. The Labute approximate surface area is 140 Å². The van der Waals surface area contributed by atoms with Gasteiger partial charge >= 0.3 is 0 Å². The Kier molecular flexibility index (Phi) is 4.01. The summed E-state index contributed by atoms with van der Waals surface area (Å²) in [6.45, 7) is 1.79. The van der Waals surface area contributed by atoms with Crippen LogP contribution >= 0.6 is 24.0 Å². The lowest BCUT2D eigenvalue weighted by Gasteiger charge is -2.01. The SMILES string of the molecule is Cc1ccc(-c2ccc(C=C3SC(=S)NC3=O)o2)c([N+](=O)[O-])c1. The maximum absolute atomic E-state index is 11.6. The third kappa shape index (κ3) is 3.17. The van der Waals surface area contributed by atoms with E-state index in [1.807, 2.05) is 0 Å². The number of furan rings is 1. The van der Waals surface area contributed by atoms with Crippen molar-refractivity contribution in [2.45, 2.75) is 6.92 Å². The third-order valence-electron chi connectivity index (χ3n) is 3.16. The number of nitrogens with one attached hydrogen (secondary N) is 1. The van der Waals surface area contributed by atoms with E-state index in [1.54, 1.807) is 37.3 Å². The van der Waals surface area contributed by atoms with E-state index in [0.29, 0.717) is 26.3 Å². The summed E-state index contributed by atoms with van der Waals surface area (Å²) in [5.74, 6) is 0.519. The molecule has 8 heteroatoms. The number of hydrogen-bond acceptors (Lipinski definition) is 6. The van der Waals surface area contributed by atoms with Crippen molar-refractivity contribution in [3.05, 3.63) is 56.7 Å². The van der Waals surface area contributed by atoms with Crippen molar-refractivity contribution in [1.82, 2.24) is 5.32 Å². The smallest absolute Gasteiger partial charge is 0.280 e. The Morgan fingerprint density at radius 1 is 1.35 bits per heavy atom. The van der Waals surface area contributed by atoms with Gasteiger partial charge in [-0.25, -0.2) is 0 Å². The Balaban J connectivity index is 1.97. The number of benzene rings is 1. The Morgan fingerprint density at radius 3 is 2.78 bits per heavy atom. The standard InChI is InChI=1S/C15H10N2O4S2/c1-8-2-4-10(11(6-8)17(19)20)12-5-3-9(21-12)7-13-14(18)16-15(22)23-13/h2-7H,1H3,(H,16,18,22). The highest BCUT2D eigenvalue weighted by Gasteiger charge is 2.23. The average molecular weight is 346 g/mol. The van der Waals surface area contributed by atoms with Crippen molar-refractivity contribution in [1.29, 1.82) is 0 Å². The van der Waals surface area contributed by atoms with Crippen LogP contribution in [-0.4, -0.2) is 15.2 Å². The summed E-state index contributed by atoms with van der Waals surface area (Å²) in [6.07, 6.45) is 1.56. The van der Waals surface area contributed by atoms with Gasteiger partial charge in [0.25, 0.3) is 11.6 Å². The van der Waals surface area contributed by atoms with Crippen LogP contribution in [0.4, 0.5) is 5.69 Å². The minimum absolute atomic E-state index is 0.0206. The van der Waals surface area contributed by atoms with E-state index in [9.17, 15) is 14.9 Å². The molecule has 1 aliphatic rings. The van der Waals surface area contributed by atoms with Crippen LogP contribution in [0.3, 0.4) is 0 Å². The molecule has 0 spiro atoms. The summed E-state index contributed by atoms with van der Waals surface area (Å²) in [5, 5.41) is 13.7. The van der Waals surface area contributed by atoms with Crippen LogP contribution in [0.2, 0.25) is 0 Å². The number of aryl methyl sites for hydroxylation is 1. The lowest BCUT2D eigenvalue weighted by Crippen LogP contribution is -2.17. The number of nitro benzene ring substituents is 1. The molecule has 0 radical (unpaired) electrons. The van der Waals surface area contributed by atoms with E-state index in [1.165, 1.54) is 6.07 Å². The van der Waals surface area contributed by atoms with Gasteiger partial charge in [-0.15, -0.1) is 0 Å². The highest BCUT2D eigenvalue weighted by atomic mass is 32.2. The largest absolute Gasteiger partial charge is 0.456 e. The van der Waals surface area contributed by atoms with Gasteiger partial charge in [0.15, 0.2) is 0 Å². The van der Waals surface area contributed by atoms with Crippen LogP contribution in [0.1, 0.15) is 11.3 Å². The first kappa shape index (κ1) is 15.4. The minimum Gasteiger partial charge on any atom is -0.456 e. The Bertz CT molecular complexity index is 870. The van der Waals surface area contributed by atoms with Crippen molar-refractivity contribution in [3.8, 4) is 11.3 Å². The number of hydrogen-bond donors (Lipinski definition) is 1. The molecule has 23 heavy (non-hydrogen) atoms. The zero-order valence-corrected chi connectivity index (χ0v) is 13.5. The Hall–Kier alpha value is -2.45. The maximum atomic E-state index is 11.6. The van der Waals surface area contributed by atoms with Crippen molar-refractivity contribution in [3.63, 3.8) is 0 Å². The molecule has 1 N–H and O–H groups in total. The second-order valence-electron chi connectivity index (χ2n) is 4.83. The molecule has 1 aromatic heterocycles. The van der Waals surface area contributed by atoms with Gasteiger partial charge in [0.05, 0.1) is 15.4 Å². The first-order valence-electron chi connectivity index (χ1n) is 6.54. The van der Waals surface area contributed by atoms with E-state index < -0.39 is 4.92 Å². The summed E-state index contributed by atoms with van der Waals surface area (Å²) in [7, 11) is 0. The fraction of sp³-hybridized carbons (Fsp3) is 0.0667. The topological polar surface area (TPSA) is 85.4 Å². The van der Waals surface area contributed by atoms with Crippen LogP contribution < -0.4 is 5.32 Å². The van der Waals surface area contributed by atoms with Gasteiger partial charge < -0.3 is 9.73 Å². The highest BCUT2D eigenvalue weighted by molar-refractivity contribution is 8.26. The predicted octanol–water partition coefficient (Wildman–Crippen LogP) is 3.65. The molecule has 1 saturated heterocycles. The first-order chi connectivity index (χ1) is 10.9. The first-order valence-corrected chi connectivity index (χ1v) is 7.76. The molecule has 0 aliphatic carbocycles. The van der Waals surface area contributed by atoms with Crippen molar-refractivity contribution >= 4 is 46.0 Å². The predicted molar refractivity (Wildman–Crippen MR) is 91.8 cm³/mol. The van der Waals surface area contributed by atoms with E-state index in [4.69, 9.17) is 16.6 Å². The molecule has 1 aromatic carbocycles. The molecule has 0 bridgehead atoms. The molecular weight excluding hydrogens is 336 g/mol. The molecule has 1 aliphatic heterocycles. The van der Waals surface area contributed by atoms with Crippen LogP contribution in [0, 0.1) is 17.0 Å². The fourth-order valence-electron chi connectivity index (χ4n) is 2.13. The van der Waals surface area contributed by atoms with Crippen molar-refractivity contribution in [2.24, 2.45) is 0 Å². The zero-order valence-electron chi connectivity index (χ0n) is 11.9. The van der Waals surface area contributed by atoms with Gasteiger partial charge in [0, 0.05) is 12.1 Å². The molecule has 116 valence electrons. The summed E-state index contributed by atoms with van der Waals surface area (Å²) < 4.78 is 6.02. The molecule has 1 fully saturated rings. The number of thioether (sulfide) groups is 1. The van der Waals surface area contributed by atoms with Crippen LogP contribution in [0.5, 0.6) is 0 Å². The van der Waals surface area contributed by atoms with Crippen LogP contribution in [0.25, 0.3) is 17.4 Å². The molecule has 0 unspecified atom stereocenters. The van der Waals surface area contributed by atoms with Crippen molar-refractivity contribution in [2.75, 3.05) is 0 Å². The number of rotatable bonds is 3. The van der Waals surface area contributed by atoms with Gasteiger partial charge in [0.2, 0.25) is 0 Å². The zero-order chi connectivity index (χ0) is 16.6. The quantitative estimate of drug-likeness (QED) is 0.395. The number of nitrogens with zero attached hydrogens (tertiary/aromatic N) is 1. The molecule has 3 rings (SSSR count). The van der Waals surface area contributed by atoms with Crippen molar-refractivity contribution < 1.29 is 14.1 Å². The second-order valence-corrected chi connectivity index (χ2v) is 6.55. The van der Waals surface area contributed by atoms with Crippen LogP contribution in [0.15, 0.2) is 39.7 Å². The maximum Gasteiger partial charge on any atom is 0.280 e. The van der Waals surface area contributed by atoms with Crippen LogP contribution in [-0.2, 0) is 4.79 Å². The highest BCUT2D eigenvalue weighted by Crippen LogP contribution is 2.33. The monoisotopic (exact) mass is 346 g/mol.